The van der Waals surface area contributed by atoms with E-state index in [-0.39, 0.29) is 6.04 Å². The molecule has 0 saturated carbocycles. The molecule has 0 aliphatic carbocycles. The lowest BCUT2D eigenvalue weighted by atomic mass is 10.2. The zero-order valence-electron chi connectivity index (χ0n) is 14.2. The summed E-state index contributed by atoms with van der Waals surface area (Å²) in [6, 6.07) is 15.9. The Morgan fingerprint density at radius 1 is 1.12 bits per heavy atom. The molecule has 1 aromatic carbocycles. The first-order valence-corrected chi connectivity index (χ1v) is 8.05. The van der Waals surface area contributed by atoms with Crippen LogP contribution in [0.3, 0.4) is 0 Å². The molecule has 1 N–H and O–H groups in total. The van der Waals surface area contributed by atoms with Crippen LogP contribution in [-0.2, 0) is 13.6 Å². The maximum atomic E-state index is 6.04. The molecule has 0 bridgehead atoms. The van der Waals surface area contributed by atoms with Crippen LogP contribution in [0.5, 0.6) is 11.6 Å². The Balaban J connectivity index is 1.76. The average molecular weight is 322 g/mol. The van der Waals surface area contributed by atoms with Gasteiger partial charge in [0.25, 0.3) is 0 Å². The fourth-order valence-electron chi connectivity index (χ4n) is 2.60. The molecular weight excluding hydrogens is 300 g/mol. The normalized spacial score (nSPS) is 12.1. The lowest BCUT2D eigenvalue weighted by molar-refractivity contribution is 0.421. The van der Waals surface area contributed by atoms with E-state index in [0.717, 1.165) is 28.6 Å². The minimum atomic E-state index is 0.149. The maximum Gasteiger partial charge on any atom is 0.222 e. The second-order valence-electron chi connectivity index (χ2n) is 5.77. The van der Waals surface area contributed by atoms with E-state index in [2.05, 4.69) is 22.3 Å². The third-order valence-corrected chi connectivity index (χ3v) is 3.96. The zero-order chi connectivity index (χ0) is 16.9. The Bertz CT molecular complexity index is 784. The quantitative estimate of drug-likeness (QED) is 0.750. The van der Waals surface area contributed by atoms with E-state index in [4.69, 9.17) is 4.74 Å². The van der Waals surface area contributed by atoms with Gasteiger partial charge in [0.2, 0.25) is 5.88 Å². The number of benzene rings is 1. The predicted octanol–water partition coefficient (Wildman–Crippen LogP) is 3.77. The van der Waals surface area contributed by atoms with Crippen molar-refractivity contribution in [2.45, 2.75) is 26.4 Å². The standard InChI is InChI=1S/C19H22N4O/c1-14-17(13-21-15(2)18-11-7-8-12-20-18)19(23(3)22-14)24-16-9-5-4-6-10-16/h4-12,15,21H,13H2,1-3H3/t15-/m0/s1. The third-order valence-electron chi connectivity index (χ3n) is 3.96. The first-order chi connectivity index (χ1) is 11.6. The molecule has 5 heteroatoms. The summed E-state index contributed by atoms with van der Waals surface area (Å²) in [7, 11) is 1.90. The number of aromatic nitrogens is 3. The summed E-state index contributed by atoms with van der Waals surface area (Å²) in [5.74, 6) is 1.57. The van der Waals surface area contributed by atoms with E-state index in [0.29, 0.717) is 6.54 Å². The summed E-state index contributed by atoms with van der Waals surface area (Å²) < 4.78 is 7.83. The lowest BCUT2D eigenvalue weighted by Crippen LogP contribution is -2.19. The predicted molar refractivity (Wildman–Crippen MR) is 94.0 cm³/mol. The van der Waals surface area contributed by atoms with E-state index in [1.54, 1.807) is 4.68 Å². The lowest BCUT2D eigenvalue weighted by Gasteiger charge is -2.14. The number of para-hydroxylation sites is 1. The zero-order valence-corrected chi connectivity index (χ0v) is 14.2. The van der Waals surface area contributed by atoms with Crippen LogP contribution < -0.4 is 10.1 Å². The van der Waals surface area contributed by atoms with Crippen LogP contribution in [0.4, 0.5) is 0 Å². The van der Waals surface area contributed by atoms with E-state index < -0.39 is 0 Å². The number of rotatable bonds is 6. The van der Waals surface area contributed by atoms with E-state index in [9.17, 15) is 0 Å². The SMILES string of the molecule is Cc1nn(C)c(Oc2ccccc2)c1CN[C@@H](C)c1ccccn1. The molecule has 24 heavy (non-hydrogen) atoms. The summed E-state index contributed by atoms with van der Waals surface area (Å²) in [6.45, 7) is 4.77. The summed E-state index contributed by atoms with van der Waals surface area (Å²) in [6.07, 6.45) is 1.81. The van der Waals surface area contributed by atoms with Gasteiger partial charge < -0.3 is 10.1 Å². The smallest absolute Gasteiger partial charge is 0.222 e. The first kappa shape index (κ1) is 16.2. The number of ether oxygens (including phenoxy) is 1. The van der Waals surface area contributed by atoms with E-state index >= 15 is 0 Å². The molecule has 2 aromatic heterocycles. The first-order valence-electron chi connectivity index (χ1n) is 8.05. The van der Waals surface area contributed by atoms with Gasteiger partial charge in [0.1, 0.15) is 5.75 Å². The van der Waals surface area contributed by atoms with Crippen molar-refractivity contribution in [3.05, 3.63) is 71.7 Å². The van der Waals surface area contributed by atoms with Crippen molar-refractivity contribution < 1.29 is 4.74 Å². The number of nitrogens with one attached hydrogen (secondary N) is 1. The molecule has 0 spiro atoms. The minimum absolute atomic E-state index is 0.149. The highest BCUT2D eigenvalue weighted by molar-refractivity contribution is 5.35. The Kier molecular flexibility index (Phi) is 4.91. The fourth-order valence-corrected chi connectivity index (χ4v) is 2.60. The third kappa shape index (κ3) is 3.63. The average Bonchev–Trinajstić information content (AvgIpc) is 2.87. The highest BCUT2D eigenvalue weighted by Gasteiger charge is 2.16. The van der Waals surface area contributed by atoms with Crippen LogP contribution in [0.25, 0.3) is 0 Å². The topological polar surface area (TPSA) is 52.0 Å². The fraction of sp³-hybridized carbons (Fsp3) is 0.263. The monoisotopic (exact) mass is 322 g/mol. The molecule has 0 unspecified atom stereocenters. The molecule has 0 amide bonds. The van der Waals surface area contributed by atoms with Gasteiger partial charge in [-0.3, -0.25) is 4.98 Å². The molecule has 0 saturated heterocycles. The molecule has 0 fully saturated rings. The van der Waals surface area contributed by atoms with Crippen molar-refractivity contribution in [3.63, 3.8) is 0 Å². The molecule has 124 valence electrons. The highest BCUT2D eigenvalue weighted by Crippen LogP contribution is 2.27. The van der Waals surface area contributed by atoms with E-state index in [1.807, 2.05) is 68.7 Å². The molecular formula is C19H22N4O. The van der Waals surface area contributed by atoms with Crippen molar-refractivity contribution in [1.29, 1.82) is 0 Å². The molecule has 0 aliphatic rings. The van der Waals surface area contributed by atoms with Crippen LogP contribution in [0.15, 0.2) is 54.7 Å². The van der Waals surface area contributed by atoms with Gasteiger partial charge >= 0.3 is 0 Å². The molecule has 3 aromatic rings. The van der Waals surface area contributed by atoms with Crippen LogP contribution >= 0.6 is 0 Å². The maximum absolute atomic E-state index is 6.04. The van der Waals surface area contributed by atoms with Crippen molar-refractivity contribution >= 4 is 0 Å². The van der Waals surface area contributed by atoms with Crippen molar-refractivity contribution in [1.82, 2.24) is 20.1 Å². The van der Waals surface area contributed by atoms with Crippen molar-refractivity contribution in [3.8, 4) is 11.6 Å². The Morgan fingerprint density at radius 2 is 1.88 bits per heavy atom. The van der Waals surface area contributed by atoms with Crippen LogP contribution in [-0.4, -0.2) is 14.8 Å². The number of hydrogen-bond acceptors (Lipinski definition) is 4. The number of aryl methyl sites for hydroxylation is 2. The van der Waals surface area contributed by atoms with Crippen LogP contribution in [0, 0.1) is 6.92 Å². The Morgan fingerprint density at radius 3 is 2.58 bits per heavy atom. The van der Waals surface area contributed by atoms with Gasteiger partial charge in [0, 0.05) is 25.8 Å². The van der Waals surface area contributed by atoms with Crippen molar-refractivity contribution in [2.24, 2.45) is 7.05 Å². The van der Waals surface area contributed by atoms with Gasteiger partial charge in [0.05, 0.1) is 17.0 Å². The molecule has 2 heterocycles. The summed E-state index contributed by atoms with van der Waals surface area (Å²) >= 11 is 0. The molecule has 5 nitrogen and oxygen atoms in total. The Labute approximate surface area is 142 Å². The summed E-state index contributed by atoms with van der Waals surface area (Å²) in [5, 5.41) is 7.99. The van der Waals surface area contributed by atoms with Crippen LogP contribution in [0.2, 0.25) is 0 Å². The van der Waals surface area contributed by atoms with Crippen molar-refractivity contribution in [2.75, 3.05) is 0 Å². The molecule has 0 aliphatic heterocycles. The largest absolute Gasteiger partial charge is 0.439 e. The van der Waals surface area contributed by atoms with E-state index in [1.165, 1.54) is 0 Å². The second kappa shape index (κ2) is 7.27. The Hall–Kier alpha value is -2.66. The van der Waals surface area contributed by atoms with Gasteiger partial charge in [-0.25, -0.2) is 4.68 Å². The molecule has 3 rings (SSSR count). The van der Waals surface area contributed by atoms with Gasteiger partial charge in [0.15, 0.2) is 0 Å². The number of nitrogens with zero attached hydrogens (tertiary/aromatic N) is 3. The van der Waals surface area contributed by atoms with Crippen LogP contribution in [0.1, 0.15) is 29.9 Å². The molecule has 0 radical (unpaired) electrons. The van der Waals surface area contributed by atoms with Gasteiger partial charge in [-0.05, 0) is 38.1 Å². The number of pyridine rings is 1. The number of hydrogen-bond donors (Lipinski definition) is 1. The highest BCUT2D eigenvalue weighted by atomic mass is 16.5. The summed E-state index contributed by atoms with van der Waals surface area (Å²) in [5.41, 5.74) is 3.04. The minimum Gasteiger partial charge on any atom is -0.439 e. The van der Waals surface area contributed by atoms with Gasteiger partial charge in [-0.1, -0.05) is 24.3 Å². The van der Waals surface area contributed by atoms with Gasteiger partial charge in [-0.15, -0.1) is 0 Å². The van der Waals surface area contributed by atoms with Gasteiger partial charge in [-0.2, -0.15) is 5.10 Å². The second-order valence-corrected chi connectivity index (χ2v) is 5.77. The summed E-state index contributed by atoms with van der Waals surface area (Å²) in [4.78, 5) is 4.39. The molecule has 1 atom stereocenters.